The Bertz CT molecular complexity index is 553. The fourth-order valence-corrected chi connectivity index (χ4v) is 1.64. The van der Waals surface area contributed by atoms with Crippen LogP contribution in [0.4, 0.5) is 11.5 Å². The lowest BCUT2D eigenvalue weighted by Crippen LogP contribution is -2.10. The van der Waals surface area contributed by atoms with Gasteiger partial charge in [-0.15, -0.1) is 0 Å². The van der Waals surface area contributed by atoms with E-state index in [2.05, 4.69) is 15.4 Å². The number of hydrogen-bond acceptors (Lipinski definition) is 5. The van der Waals surface area contributed by atoms with Crippen LogP contribution in [0.5, 0.6) is 0 Å². The van der Waals surface area contributed by atoms with Gasteiger partial charge in [0, 0.05) is 25.5 Å². The average molecular weight is 261 g/mol. The Kier molecular flexibility index (Phi) is 3.97. The van der Waals surface area contributed by atoms with Crippen molar-refractivity contribution in [2.45, 2.75) is 13.0 Å². The second-order valence-corrected chi connectivity index (χ2v) is 4.01. The summed E-state index contributed by atoms with van der Waals surface area (Å²) in [7, 11) is 0. The van der Waals surface area contributed by atoms with Gasteiger partial charge in [-0.1, -0.05) is 0 Å². The summed E-state index contributed by atoms with van der Waals surface area (Å²) in [5.74, 6) is -0.549. The van der Waals surface area contributed by atoms with Crippen LogP contribution in [0.25, 0.3) is 0 Å². The van der Waals surface area contributed by atoms with Gasteiger partial charge in [-0.2, -0.15) is 5.10 Å². The van der Waals surface area contributed by atoms with Gasteiger partial charge in [-0.3, -0.25) is 4.68 Å². The molecule has 0 radical (unpaired) electrons. The molecule has 0 unspecified atom stereocenters. The Labute approximate surface area is 110 Å². The Balaban J connectivity index is 1.86. The number of nitrogens with two attached hydrogens (primary N) is 1. The summed E-state index contributed by atoms with van der Waals surface area (Å²) >= 11 is 0. The van der Waals surface area contributed by atoms with Crippen molar-refractivity contribution in [1.82, 2.24) is 14.8 Å². The van der Waals surface area contributed by atoms with Crippen LogP contribution in [0.2, 0.25) is 0 Å². The summed E-state index contributed by atoms with van der Waals surface area (Å²) in [5, 5.41) is 16.1. The van der Waals surface area contributed by atoms with E-state index in [-0.39, 0.29) is 11.3 Å². The fourth-order valence-electron chi connectivity index (χ4n) is 1.64. The lowest BCUT2D eigenvalue weighted by Gasteiger charge is -2.07. The number of anilines is 2. The first kappa shape index (κ1) is 12.9. The zero-order valence-corrected chi connectivity index (χ0v) is 10.3. The highest BCUT2D eigenvalue weighted by atomic mass is 16.4. The number of nitrogen functional groups attached to an aromatic ring is 1. The molecule has 0 aliphatic heterocycles. The third-order valence-electron chi connectivity index (χ3n) is 2.59. The van der Waals surface area contributed by atoms with E-state index in [1.165, 1.54) is 12.3 Å². The van der Waals surface area contributed by atoms with Crippen molar-refractivity contribution < 1.29 is 9.90 Å². The van der Waals surface area contributed by atoms with Gasteiger partial charge in [0.2, 0.25) is 0 Å². The Morgan fingerprint density at radius 1 is 1.53 bits per heavy atom. The van der Waals surface area contributed by atoms with Gasteiger partial charge in [0.25, 0.3) is 0 Å². The van der Waals surface area contributed by atoms with Crippen molar-refractivity contribution in [3.63, 3.8) is 0 Å². The van der Waals surface area contributed by atoms with Crippen LogP contribution in [0.15, 0.2) is 30.7 Å². The fraction of sp³-hybridized carbons (Fsp3) is 0.250. The van der Waals surface area contributed by atoms with Crippen LogP contribution >= 0.6 is 0 Å². The number of carbonyl (C=O) groups is 1. The number of aromatic carboxylic acids is 1. The number of hydrogen-bond donors (Lipinski definition) is 3. The van der Waals surface area contributed by atoms with Crippen molar-refractivity contribution in [3.05, 3.63) is 36.3 Å². The molecule has 100 valence electrons. The number of nitrogens with zero attached hydrogens (tertiary/aromatic N) is 3. The molecule has 0 fully saturated rings. The van der Waals surface area contributed by atoms with E-state index >= 15 is 0 Å². The molecule has 0 aromatic carbocycles. The summed E-state index contributed by atoms with van der Waals surface area (Å²) in [4.78, 5) is 14.9. The SMILES string of the molecule is Nc1cnc(NCCCn2cccn2)cc1C(=O)O. The van der Waals surface area contributed by atoms with Crippen LogP contribution < -0.4 is 11.1 Å². The van der Waals surface area contributed by atoms with E-state index in [0.717, 1.165) is 13.0 Å². The van der Waals surface area contributed by atoms with Gasteiger partial charge in [0.1, 0.15) is 5.82 Å². The van der Waals surface area contributed by atoms with Crippen LogP contribution in [0.1, 0.15) is 16.8 Å². The van der Waals surface area contributed by atoms with Crippen LogP contribution in [0.3, 0.4) is 0 Å². The zero-order chi connectivity index (χ0) is 13.7. The van der Waals surface area contributed by atoms with Crippen molar-refractivity contribution in [3.8, 4) is 0 Å². The molecule has 4 N–H and O–H groups in total. The molecule has 0 spiro atoms. The summed E-state index contributed by atoms with van der Waals surface area (Å²) in [6, 6.07) is 3.31. The van der Waals surface area contributed by atoms with Crippen molar-refractivity contribution in [1.29, 1.82) is 0 Å². The third-order valence-corrected chi connectivity index (χ3v) is 2.59. The topological polar surface area (TPSA) is 106 Å². The standard InChI is InChI=1S/C12H15N5O2/c13-10-8-15-11(7-9(10)12(18)19)14-3-1-5-17-6-2-4-16-17/h2,4,6-8H,1,3,5,13H2,(H,14,15)(H,18,19). The van der Waals surface area contributed by atoms with Crippen molar-refractivity contribution in [2.24, 2.45) is 0 Å². The van der Waals surface area contributed by atoms with E-state index in [4.69, 9.17) is 10.8 Å². The number of nitrogens with one attached hydrogen (secondary N) is 1. The first-order valence-electron chi connectivity index (χ1n) is 5.87. The van der Waals surface area contributed by atoms with Crippen molar-refractivity contribution in [2.75, 3.05) is 17.6 Å². The van der Waals surface area contributed by atoms with Gasteiger partial charge in [0.15, 0.2) is 0 Å². The van der Waals surface area contributed by atoms with Gasteiger partial charge < -0.3 is 16.2 Å². The molecule has 2 rings (SSSR count). The van der Waals surface area contributed by atoms with Crippen LogP contribution in [-0.4, -0.2) is 32.4 Å². The van der Waals surface area contributed by atoms with Gasteiger partial charge in [-0.05, 0) is 18.6 Å². The maximum absolute atomic E-state index is 10.9. The lowest BCUT2D eigenvalue weighted by molar-refractivity contribution is 0.0698. The molecule has 19 heavy (non-hydrogen) atoms. The van der Waals surface area contributed by atoms with E-state index in [0.29, 0.717) is 12.4 Å². The predicted octanol–water partition coefficient (Wildman–Crippen LogP) is 1.06. The summed E-state index contributed by atoms with van der Waals surface area (Å²) < 4.78 is 1.83. The highest BCUT2D eigenvalue weighted by Crippen LogP contribution is 2.14. The van der Waals surface area contributed by atoms with Crippen LogP contribution in [0, 0.1) is 0 Å². The van der Waals surface area contributed by atoms with E-state index in [1.54, 1.807) is 6.20 Å². The molecular weight excluding hydrogens is 246 g/mol. The Hall–Kier alpha value is -2.57. The smallest absolute Gasteiger partial charge is 0.337 e. The third kappa shape index (κ3) is 3.44. The molecule has 0 amide bonds. The van der Waals surface area contributed by atoms with Crippen LogP contribution in [-0.2, 0) is 6.54 Å². The number of aryl methyl sites for hydroxylation is 1. The minimum atomic E-state index is -1.06. The molecule has 0 bridgehead atoms. The largest absolute Gasteiger partial charge is 0.478 e. The molecule has 7 nitrogen and oxygen atoms in total. The maximum Gasteiger partial charge on any atom is 0.337 e. The van der Waals surface area contributed by atoms with E-state index in [9.17, 15) is 4.79 Å². The normalized spacial score (nSPS) is 10.3. The van der Waals surface area contributed by atoms with Gasteiger partial charge in [-0.25, -0.2) is 9.78 Å². The average Bonchev–Trinajstić information content (AvgIpc) is 2.89. The molecule has 0 aliphatic carbocycles. The minimum absolute atomic E-state index is 0.0598. The molecule has 0 saturated carbocycles. The number of carboxylic acid groups (broad SMARTS) is 1. The molecule has 2 aromatic rings. The number of aromatic nitrogens is 3. The number of pyridine rings is 1. The first-order chi connectivity index (χ1) is 9.16. The molecule has 0 saturated heterocycles. The maximum atomic E-state index is 10.9. The van der Waals surface area contributed by atoms with E-state index in [1.807, 2.05) is 16.9 Å². The number of rotatable bonds is 6. The summed E-state index contributed by atoms with van der Waals surface area (Å²) in [5.41, 5.74) is 5.75. The van der Waals surface area contributed by atoms with Gasteiger partial charge >= 0.3 is 5.97 Å². The second-order valence-electron chi connectivity index (χ2n) is 4.01. The Morgan fingerprint density at radius 3 is 3.05 bits per heavy atom. The lowest BCUT2D eigenvalue weighted by atomic mass is 10.2. The van der Waals surface area contributed by atoms with Gasteiger partial charge in [0.05, 0.1) is 17.4 Å². The predicted molar refractivity (Wildman–Crippen MR) is 70.9 cm³/mol. The molecule has 0 atom stereocenters. The molecule has 2 heterocycles. The quantitative estimate of drug-likeness (QED) is 0.671. The Morgan fingerprint density at radius 2 is 2.37 bits per heavy atom. The highest BCUT2D eigenvalue weighted by molar-refractivity contribution is 5.94. The second kappa shape index (κ2) is 5.85. The summed E-state index contributed by atoms with van der Waals surface area (Å²) in [6.45, 7) is 1.47. The minimum Gasteiger partial charge on any atom is -0.478 e. The van der Waals surface area contributed by atoms with Crippen molar-refractivity contribution >= 4 is 17.5 Å². The first-order valence-corrected chi connectivity index (χ1v) is 5.87. The molecular formula is C12H15N5O2. The monoisotopic (exact) mass is 261 g/mol. The molecule has 2 aromatic heterocycles. The molecule has 0 aliphatic rings. The zero-order valence-electron chi connectivity index (χ0n) is 10.3. The highest BCUT2D eigenvalue weighted by Gasteiger charge is 2.09. The number of carboxylic acids is 1. The summed E-state index contributed by atoms with van der Waals surface area (Å²) in [6.07, 6.45) is 5.83. The van der Waals surface area contributed by atoms with E-state index < -0.39 is 5.97 Å². The molecule has 7 heteroatoms.